The predicted octanol–water partition coefficient (Wildman–Crippen LogP) is 2.04. The second-order valence-corrected chi connectivity index (χ2v) is 4.72. The third kappa shape index (κ3) is 2.38. The maximum atomic E-state index is 9.18. The van der Waals surface area contributed by atoms with Crippen LogP contribution in [0.15, 0.2) is 18.2 Å². The number of nitrogen functional groups attached to an aromatic ring is 1. The summed E-state index contributed by atoms with van der Waals surface area (Å²) in [7, 11) is 5.60. The number of benzene rings is 1. The average Bonchev–Trinajstić information content (AvgIpc) is 2.66. The molecule has 1 aromatic carbocycles. The third-order valence-corrected chi connectivity index (χ3v) is 3.00. The van der Waals surface area contributed by atoms with Crippen molar-refractivity contribution in [3.05, 3.63) is 29.5 Å². The minimum absolute atomic E-state index is 0.396. The van der Waals surface area contributed by atoms with Gasteiger partial charge in [-0.3, -0.25) is 0 Å². The molecule has 104 valence electrons. The molecular formula is C14H17N5O. The van der Waals surface area contributed by atoms with E-state index in [2.05, 4.69) is 11.2 Å². The van der Waals surface area contributed by atoms with Gasteiger partial charge < -0.3 is 15.4 Å². The van der Waals surface area contributed by atoms with Crippen molar-refractivity contribution in [2.45, 2.75) is 6.92 Å². The minimum Gasteiger partial charge on any atom is -0.436 e. The Morgan fingerprint density at radius 1 is 1.40 bits per heavy atom. The summed E-state index contributed by atoms with van der Waals surface area (Å²) in [5, 5.41) is 13.4. The predicted molar refractivity (Wildman–Crippen MR) is 77.9 cm³/mol. The molecule has 1 aromatic heterocycles. The van der Waals surface area contributed by atoms with Crippen LogP contribution < -0.4 is 15.4 Å². The van der Waals surface area contributed by atoms with Crippen molar-refractivity contribution < 1.29 is 4.74 Å². The van der Waals surface area contributed by atoms with Crippen LogP contribution in [0.25, 0.3) is 0 Å². The number of ether oxygens (including phenoxy) is 1. The van der Waals surface area contributed by atoms with E-state index in [1.165, 1.54) is 4.68 Å². The highest BCUT2D eigenvalue weighted by Gasteiger charge is 2.16. The van der Waals surface area contributed by atoms with E-state index in [1.807, 2.05) is 31.1 Å². The van der Waals surface area contributed by atoms with Gasteiger partial charge in [-0.25, -0.2) is 4.68 Å². The van der Waals surface area contributed by atoms with Gasteiger partial charge in [-0.1, -0.05) is 0 Å². The smallest absolute Gasteiger partial charge is 0.235 e. The molecule has 2 aromatic rings. The molecule has 0 aliphatic carbocycles. The van der Waals surface area contributed by atoms with E-state index in [0.717, 1.165) is 5.69 Å². The highest BCUT2D eigenvalue weighted by molar-refractivity contribution is 5.63. The lowest BCUT2D eigenvalue weighted by Gasteiger charge is -2.15. The van der Waals surface area contributed by atoms with Gasteiger partial charge in [0.05, 0.1) is 11.4 Å². The first-order chi connectivity index (χ1) is 9.43. The fraction of sp³-hybridized carbons (Fsp3) is 0.286. The zero-order valence-electron chi connectivity index (χ0n) is 12.0. The number of hydrogen-bond acceptors (Lipinski definition) is 5. The third-order valence-electron chi connectivity index (χ3n) is 3.00. The van der Waals surface area contributed by atoms with E-state index in [4.69, 9.17) is 10.5 Å². The molecule has 0 aliphatic rings. The molecule has 0 saturated carbocycles. The summed E-state index contributed by atoms with van der Waals surface area (Å²) in [6, 6.07) is 7.62. The van der Waals surface area contributed by atoms with Crippen LogP contribution in [0.1, 0.15) is 11.3 Å². The van der Waals surface area contributed by atoms with Crippen LogP contribution in [0.3, 0.4) is 0 Å². The Labute approximate surface area is 118 Å². The van der Waals surface area contributed by atoms with Gasteiger partial charge in [0.2, 0.25) is 5.88 Å². The van der Waals surface area contributed by atoms with E-state index >= 15 is 0 Å². The summed E-state index contributed by atoms with van der Waals surface area (Å²) in [6.07, 6.45) is 0. The average molecular weight is 271 g/mol. The first-order valence-electron chi connectivity index (χ1n) is 6.12. The maximum Gasteiger partial charge on any atom is 0.235 e. The number of hydrogen-bond donors (Lipinski definition) is 1. The van der Waals surface area contributed by atoms with Crippen molar-refractivity contribution in [2.24, 2.45) is 7.05 Å². The second-order valence-electron chi connectivity index (χ2n) is 4.72. The number of aromatic nitrogens is 2. The van der Waals surface area contributed by atoms with Crippen molar-refractivity contribution in [3.8, 4) is 17.7 Å². The number of nitriles is 1. The van der Waals surface area contributed by atoms with Crippen LogP contribution in [0.2, 0.25) is 0 Å². The van der Waals surface area contributed by atoms with Gasteiger partial charge in [0.15, 0.2) is 5.75 Å². The minimum atomic E-state index is 0.396. The molecule has 20 heavy (non-hydrogen) atoms. The van der Waals surface area contributed by atoms with Crippen LogP contribution in [0, 0.1) is 18.3 Å². The largest absolute Gasteiger partial charge is 0.436 e. The normalized spacial score (nSPS) is 10.2. The fourth-order valence-electron chi connectivity index (χ4n) is 1.88. The molecule has 2 rings (SSSR count). The van der Waals surface area contributed by atoms with Gasteiger partial charge in [0.1, 0.15) is 11.6 Å². The Kier molecular flexibility index (Phi) is 3.53. The molecule has 0 amide bonds. The molecule has 1 heterocycles. The van der Waals surface area contributed by atoms with Crippen molar-refractivity contribution in [2.75, 3.05) is 24.7 Å². The molecule has 0 unspecified atom stereocenters. The van der Waals surface area contributed by atoms with Crippen LogP contribution in [-0.4, -0.2) is 23.9 Å². The van der Waals surface area contributed by atoms with E-state index in [1.54, 1.807) is 20.0 Å². The first-order valence-corrected chi connectivity index (χ1v) is 6.12. The van der Waals surface area contributed by atoms with Crippen molar-refractivity contribution in [3.63, 3.8) is 0 Å². The van der Waals surface area contributed by atoms with Gasteiger partial charge in [0.25, 0.3) is 0 Å². The highest BCUT2D eigenvalue weighted by atomic mass is 16.5. The Morgan fingerprint density at radius 2 is 2.10 bits per heavy atom. The molecule has 0 spiro atoms. The number of nitrogens with zero attached hydrogens (tertiary/aromatic N) is 4. The summed E-state index contributed by atoms with van der Waals surface area (Å²) < 4.78 is 7.34. The Hall–Kier alpha value is -2.68. The maximum absolute atomic E-state index is 9.18. The van der Waals surface area contributed by atoms with Crippen LogP contribution in [0.5, 0.6) is 11.6 Å². The van der Waals surface area contributed by atoms with Gasteiger partial charge in [0, 0.05) is 32.9 Å². The second kappa shape index (κ2) is 5.13. The quantitative estimate of drug-likeness (QED) is 0.864. The molecule has 0 bridgehead atoms. The van der Waals surface area contributed by atoms with Gasteiger partial charge >= 0.3 is 0 Å². The molecule has 6 nitrogen and oxygen atoms in total. The SMILES string of the molecule is Cc1nn(C)c(Oc2cc(N(C)C)ccc2N)c1C#N. The van der Waals surface area contributed by atoms with E-state index < -0.39 is 0 Å². The Bertz CT molecular complexity index is 682. The molecule has 0 aliphatic heterocycles. The number of aryl methyl sites for hydroxylation is 2. The molecule has 0 atom stereocenters. The Balaban J connectivity index is 2.45. The first kappa shape index (κ1) is 13.7. The van der Waals surface area contributed by atoms with E-state index in [0.29, 0.717) is 28.6 Å². The molecule has 6 heteroatoms. The Morgan fingerprint density at radius 3 is 2.70 bits per heavy atom. The van der Waals surface area contributed by atoms with Crippen LogP contribution >= 0.6 is 0 Å². The summed E-state index contributed by atoms with van der Waals surface area (Å²) >= 11 is 0. The van der Waals surface area contributed by atoms with Gasteiger partial charge in [-0.2, -0.15) is 10.4 Å². The lowest BCUT2D eigenvalue weighted by Crippen LogP contribution is -2.09. The topological polar surface area (TPSA) is 80.1 Å². The van der Waals surface area contributed by atoms with Gasteiger partial charge in [-0.05, 0) is 19.1 Å². The van der Waals surface area contributed by atoms with Gasteiger partial charge in [-0.15, -0.1) is 0 Å². The standard InChI is InChI=1S/C14H17N5O/c1-9-11(8-15)14(19(4)17-9)20-13-7-10(18(2)3)5-6-12(13)16/h5-7H,16H2,1-4H3. The lowest BCUT2D eigenvalue weighted by molar-refractivity contribution is 0.431. The van der Waals surface area contributed by atoms with Crippen LogP contribution in [-0.2, 0) is 7.05 Å². The number of rotatable bonds is 3. The zero-order chi connectivity index (χ0) is 14.9. The van der Waals surface area contributed by atoms with Crippen molar-refractivity contribution in [1.82, 2.24) is 9.78 Å². The summed E-state index contributed by atoms with van der Waals surface area (Å²) in [4.78, 5) is 1.95. The molecule has 2 N–H and O–H groups in total. The zero-order valence-corrected chi connectivity index (χ0v) is 12.0. The van der Waals surface area contributed by atoms with Crippen molar-refractivity contribution >= 4 is 11.4 Å². The molecule has 0 saturated heterocycles. The lowest BCUT2D eigenvalue weighted by atomic mass is 10.2. The van der Waals surface area contributed by atoms with Crippen LogP contribution in [0.4, 0.5) is 11.4 Å². The number of anilines is 2. The number of nitrogens with two attached hydrogens (primary N) is 1. The van der Waals surface area contributed by atoms with E-state index in [9.17, 15) is 5.26 Å². The molecule has 0 radical (unpaired) electrons. The molecule has 0 fully saturated rings. The molecular weight excluding hydrogens is 254 g/mol. The summed E-state index contributed by atoms with van der Waals surface area (Å²) in [6.45, 7) is 1.77. The van der Waals surface area contributed by atoms with E-state index in [-0.39, 0.29) is 0 Å². The summed E-state index contributed by atoms with van der Waals surface area (Å²) in [5.41, 5.74) is 8.46. The monoisotopic (exact) mass is 271 g/mol. The highest BCUT2D eigenvalue weighted by Crippen LogP contribution is 2.33. The fourth-order valence-corrected chi connectivity index (χ4v) is 1.88. The summed E-state index contributed by atoms with van der Waals surface area (Å²) in [5.74, 6) is 0.906. The van der Waals surface area contributed by atoms with Crippen molar-refractivity contribution in [1.29, 1.82) is 5.26 Å².